The summed E-state index contributed by atoms with van der Waals surface area (Å²) in [6, 6.07) is 12.6. The minimum atomic E-state index is -0.791. The van der Waals surface area contributed by atoms with Gasteiger partial charge < -0.3 is 14.9 Å². The molecule has 0 aliphatic heterocycles. The summed E-state index contributed by atoms with van der Waals surface area (Å²) in [5, 5.41) is 21.0. The molecular weight excluding hydrogens is 313 g/mol. The van der Waals surface area contributed by atoms with Crippen LogP contribution in [0.5, 0.6) is 5.75 Å². The molecule has 2 rings (SSSR count). The average molecular weight is 333 g/mol. The molecule has 3 N–H and O–H groups in total. The topological polar surface area (TPSA) is 78.8 Å². The second kappa shape index (κ2) is 8.31. The predicted molar refractivity (Wildman–Crippen MR) is 88.2 cm³/mol. The van der Waals surface area contributed by atoms with Gasteiger partial charge in [-0.1, -0.05) is 31.2 Å². The Morgan fingerprint density at radius 2 is 1.96 bits per heavy atom. The number of hydrogen-bond acceptors (Lipinski definition) is 4. The van der Waals surface area contributed by atoms with E-state index in [9.17, 15) is 14.3 Å². The molecule has 0 spiro atoms. The monoisotopic (exact) mass is 333 g/mol. The van der Waals surface area contributed by atoms with Crippen molar-refractivity contribution in [3.05, 3.63) is 59.9 Å². The summed E-state index contributed by atoms with van der Waals surface area (Å²) < 4.78 is 19.1. The Morgan fingerprint density at radius 1 is 1.25 bits per heavy atom. The minimum Gasteiger partial charge on any atom is -0.505 e. The van der Waals surface area contributed by atoms with Crippen LogP contribution in [0, 0.1) is 11.7 Å². The van der Waals surface area contributed by atoms with Gasteiger partial charge in [-0.25, -0.2) is 9.18 Å². The maximum absolute atomic E-state index is 13.6. The molecule has 0 aliphatic carbocycles. The zero-order valence-electron chi connectivity index (χ0n) is 13.3. The second-order valence-electron chi connectivity index (χ2n) is 5.52. The second-order valence-corrected chi connectivity index (χ2v) is 5.52. The van der Waals surface area contributed by atoms with Crippen LogP contribution in [0.4, 0.5) is 14.9 Å². The summed E-state index contributed by atoms with van der Waals surface area (Å²) in [6.07, 6.45) is -1.05. The van der Waals surface area contributed by atoms with Crippen LogP contribution in [0.3, 0.4) is 0 Å². The van der Waals surface area contributed by atoms with Crippen molar-refractivity contribution >= 4 is 11.8 Å². The summed E-state index contributed by atoms with van der Waals surface area (Å²) >= 11 is 0. The van der Waals surface area contributed by atoms with E-state index in [1.807, 2.05) is 6.07 Å². The zero-order chi connectivity index (χ0) is 17.5. The normalized spacial score (nSPS) is 13.1. The Bertz CT molecular complexity index is 678. The Hall–Kier alpha value is -2.60. The van der Waals surface area contributed by atoms with E-state index in [4.69, 9.17) is 9.84 Å². The lowest BCUT2D eigenvalue weighted by molar-refractivity contribution is 0.0665. The van der Waals surface area contributed by atoms with Gasteiger partial charge in [0.25, 0.3) is 0 Å². The van der Waals surface area contributed by atoms with Gasteiger partial charge in [-0.3, -0.25) is 5.32 Å². The molecule has 128 valence electrons. The van der Waals surface area contributed by atoms with Gasteiger partial charge in [-0.15, -0.1) is 0 Å². The fourth-order valence-corrected chi connectivity index (χ4v) is 2.35. The van der Waals surface area contributed by atoms with E-state index in [1.165, 1.54) is 12.1 Å². The molecule has 5 nitrogen and oxygen atoms in total. The molecule has 0 heterocycles. The summed E-state index contributed by atoms with van der Waals surface area (Å²) in [6.45, 7) is 1.71. The number of aliphatic hydroxyl groups excluding tert-OH is 1. The number of benzene rings is 2. The van der Waals surface area contributed by atoms with Crippen molar-refractivity contribution < 1.29 is 24.1 Å². The van der Waals surface area contributed by atoms with Crippen LogP contribution < -0.4 is 5.32 Å². The smallest absolute Gasteiger partial charge is 0.412 e. The molecule has 2 atom stereocenters. The molecule has 0 aliphatic rings. The first-order valence-corrected chi connectivity index (χ1v) is 7.63. The van der Waals surface area contributed by atoms with Crippen molar-refractivity contribution in [1.82, 2.24) is 0 Å². The van der Waals surface area contributed by atoms with Gasteiger partial charge in [0.15, 0.2) is 11.6 Å². The van der Waals surface area contributed by atoms with Crippen molar-refractivity contribution in [3.63, 3.8) is 0 Å². The molecule has 0 bridgehead atoms. The van der Waals surface area contributed by atoms with Crippen LogP contribution in [0.15, 0.2) is 48.5 Å². The van der Waals surface area contributed by atoms with E-state index in [0.717, 1.165) is 6.07 Å². The highest BCUT2D eigenvalue weighted by molar-refractivity contribution is 5.84. The van der Waals surface area contributed by atoms with Gasteiger partial charge in [-0.05, 0) is 42.2 Å². The average Bonchev–Trinajstić information content (AvgIpc) is 2.56. The van der Waals surface area contributed by atoms with Crippen LogP contribution in [-0.4, -0.2) is 22.9 Å². The predicted octanol–water partition coefficient (Wildman–Crippen LogP) is 3.84. The number of halogens is 1. The number of amides is 1. The third-order valence-electron chi connectivity index (χ3n) is 3.66. The van der Waals surface area contributed by atoms with Crippen LogP contribution >= 0.6 is 0 Å². The van der Waals surface area contributed by atoms with Crippen molar-refractivity contribution in [2.75, 3.05) is 11.9 Å². The molecule has 2 aromatic rings. The number of aromatic hydroxyl groups is 1. The Morgan fingerprint density at radius 3 is 2.58 bits per heavy atom. The molecule has 0 saturated carbocycles. The molecule has 6 heteroatoms. The highest BCUT2D eigenvalue weighted by Gasteiger charge is 2.24. The molecular formula is C18H20FNO4. The first-order valence-electron chi connectivity index (χ1n) is 7.63. The van der Waals surface area contributed by atoms with Crippen LogP contribution in [0.25, 0.3) is 0 Å². The Balaban J connectivity index is 2.16. The van der Waals surface area contributed by atoms with E-state index >= 15 is 0 Å². The van der Waals surface area contributed by atoms with Crippen molar-refractivity contribution in [3.8, 4) is 5.75 Å². The summed E-state index contributed by atoms with van der Waals surface area (Å²) in [5.74, 6) is -1.50. The zero-order valence-corrected chi connectivity index (χ0v) is 13.3. The molecule has 0 unspecified atom stereocenters. The number of phenols is 1. The van der Waals surface area contributed by atoms with E-state index in [-0.39, 0.29) is 12.5 Å². The summed E-state index contributed by atoms with van der Waals surface area (Å²) in [4.78, 5) is 12.1. The summed E-state index contributed by atoms with van der Waals surface area (Å²) in [7, 11) is 0. The fourth-order valence-electron chi connectivity index (χ4n) is 2.35. The largest absolute Gasteiger partial charge is 0.505 e. The lowest BCUT2D eigenvalue weighted by Crippen LogP contribution is -2.22. The van der Waals surface area contributed by atoms with Gasteiger partial charge in [0.1, 0.15) is 6.10 Å². The van der Waals surface area contributed by atoms with Gasteiger partial charge in [0.05, 0.1) is 0 Å². The number of para-hydroxylation sites is 1. The van der Waals surface area contributed by atoms with E-state index < -0.39 is 23.8 Å². The first-order chi connectivity index (χ1) is 11.5. The standard InChI is InChI=1S/C18H20FNO4/c1-12(9-10-21)17(13-7-8-16(22)15(19)11-13)24-18(23)20-14-5-3-2-4-6-14/h2-8,11-12,17,21-22H,9-10H2,1H3,(H,20,23)/t12-,17+/m0/s1. The maximum Gasteiger partial charge on any atom is 0.412 e. The Kier molecular flexibility index (Phi) is 6.14. The van der Waals surface area contributed by atoms with Crippen LogP contribution in [0.2, 0.25) is 0 Å². The molecule has 24 heavy (non-hydrogen) atoms. The molecule has 1 amide bonds. The first kappa shape index (κ1) is 17.7. The number of phenolic OH excluding ortho intramolecular Hbond substituents is 1. The van der Waals surface area contributed by atoms with E-state index in [2.05, 4.69) is 5.32 Å². The number of hydrogen-bond donors (Lipinski definition) is 3. The molecule has 0 radical (unpaired) electrons. The van der Waals surface area contributed by atoms with Gasteiger partial charge in [-0.2, -0.15) is 0 Å². The number of anilines is 1. The SMILES string of the molecule is C[C@@H](CCO)[C@@H](OC(=O)Nc1ccccc1)c1ccc(O)c(F)c1. The lowest BCUT2D eigenvalue weighted by Gasteiger charge is -2.24. The van der Waals surface area contributed by atoms with Crippen molar-refractivity contribution in [2.24, 2.45) is 5.92 Å². The number of carbonyl (C=O) groups excluding carboxylic acids is 1. The molecule has 2 aromatic carbocycles. The lowest BCUT2D eigenvalue weighted by atomic mass is 9.94. The van der Waals surface area contributed by atoms with Gasteiger partial charge in [0, 0.05) is 12.3 Å². The molecule has 0 saturated heterocycles. The van der Waals surface area contributed by atoms with Gasteiger partial charge >= 0.3 is 6.09 Å². The highest BCUT2D eigenvalue weighted by Crippen LogP contribution is 2.31. The quantitative estimate of drug-likeness (QED) is 0.750. The fraction of sp³-hybridized carbons (Fsp3) is 0.278. The minimum absolute atomic E-state index is 0.0815. The van der Waals surface area contributed by atoms with Crippen LogP contribution in [0.1, 0.15) is 25.0 Å². The third-order valence-corrected chi connectivity index (χ3v) is 3.66. The van der Waals surface area contributed by atoms with Crippen LogP contribution in [-0.2, 0) is 4.74 Å². The van der Waals surface area contributed by atoms with E-state index in [1.54, 1.807) is 31.2 Å². The molecule has 0 fully saturated rings. The number of carbonyl (C=O) groups is 1. The van der Waals surface area contributed by atoms with Gasteiger partial charge in [0.2, 0.25) is 0 Å². The highest BCUT2D eigenvalue weighted by atomic mass is 19.1. The number of aliphatic hydroxyl groups is 1. The molecule has 0 aromatic heterocycles. The third kappa shape index (κ3) is 4.70. The maximum atomic E-state index is 13.6. The Labute approximate surface area is 139 Å². The van der Waals surface area contributed by atoms with E-state index in [0.29, 0.717) is 17.7 Å². The summed E-state index contributed by atoms with van der Waals surface area (Å²) in [5.41, 5.74) is 0.988. The van der Waals surface area contributed by atoms with Crippen molar-refractivity contribution in [2.45, 2.75) is 19.4 Å². The van der Waals surface area contributed by atoms with Crippen molar-refractivity contribution in [1.29, 1.82) is 0 Å². The number of ether oxygens (including phenoxy) is 1. The number of rotatable bonds is 6. The number of nitrogens with one attached hydrogen (secondary N) is 1.